The van der Waals surface area contributed by atoms with Crippen LogP contribution in [0.25, 0.3) is 0 Å². The molecule has 1 rings (SSSR count). The van der Waals surface area contributed by atoms with Gasteiger partial charge in [0.1, 0.15) is 12.3 Å². The number of aryl methyl sites for hydroxylation is 2. The smallest absolute Gasteiger partial charge is 0.330 e. The van der Waals surface area contributed by atoms with Crippen LogP contribution in [0, 0.1) is 5.41 Å². The van der Waals surface area contributed by atoms with E-state index in [1.165, 1.54) is 0 Å². The molecular formula is C13H19N3O2. The van der Waals surface area contributed by atoms with Gasteiger partial charge in [0.2, 0.25) is 0 Å². The summed E-state index contributed by atoms with van der Waals surface area (Å²) in [4.78, 5) is 11.5. The van der Waals surface area contributed by atoms with Gasteiger partial charge in [-0.3, -0.25) is 5.41 Å². The van der Waals surface area contributed by atoms with E-state index in [4.69, 9.17) is 15.9 Å². The average Bonchev–Trinajstić information content (AvgIpc) is 2.35. The van der Waals surface area contributed by atoms with E-state index in [-0.39, 0.29) is 12.5 Å². The summed E-state index contributed by atoms with van der Waals surface area (Å²) in [5, 5.41) is 9.36. The maximum absolute atomic E-state index is 11.5. The van der Waals surface area contributed by atoms with Crippen LogP contribution >= 0.6 is 0 Å². The Bertz CT molecular complexity index is 422. The lowest BCUT2D eigenvalue weighted by molar-refractivity contribution is -0.133. The largest absolute Gasteiger partial charge is 0.425 e. The Balaban J connectivity index is 2.71. The third-order valence-corrected chi connectivity index (χ3v) is 2.50. The minimum absolute atomic E-state index is 0.104. The molecule has 0 aromatic heterocycles. The van der Waals surface area contributed by atoms with Crippen LogP contribution in [0.1, 0.15) is 25.0 Å². The van der Waals surface area contributed by atoms with Crippen LogP contribution in [0.3, 0.4) is 0 Å². The molecule has 0 unspecified atom stereocenters. The summed E-state index contributed by atoms with van der Waals surface area (Å²) in [5.74, 6) is -0.162. The highest BCUT2D eigenvalue weighted by Gasteiger charge is 2.06. The number of esters is 1. The minimum Gasteiger partial charge on any atom is -0.425 e. The van der Waals surface area contributed by atoms with Crippen LogP contribution in [-0.4, -0.2) is 18.5 Å². The number of nitrogens with two attached hydrogens (primary N) is 1. The highest BCUT2D eigenvalue weighted by molar-refractivity contribution is 5.82. The maximum atomic E-state index is 11.5. The van der Waals surface area contributed by atoms with Crippen molar-refractivity contribution in [1.82, 2.24) is 5.32 Å². The number of carbonyl (C=O) groups is 1. The number of benzene rings is 1. The lowest BCUT2D eigenvalue weighted by Crippen LogP contribution is -2.36. The highest BCUT2D eigenvalue weighted by Crippen LogP contribution is 2.18. The Kier molecular flexibility index (Phi) is 5.17. The molecule has 0 aliphatic carbocycles. The molecule has 18 heavy (non-hydrogen) atoms. The molecule has 0 saturated carbocycles. The minimum atomic E-state index is -0.458. The summed E-state index contributed by atoms with van der Waals surface area (Å²) in [6, 6.07) is 5.81. The first kappa shape index (κ1) is 14.0. The van der Waals surface area contributed by atoms with Crippen molar-refractivity contribution < 1.29 is 9.53 Å². The van der Waals surface area contributed by atoms with Crippen molar-refractivity contribution >= 4 is 11.9 Å². The van der Waals surface area contributed by atoms with Crippen LogP contribution in [0.2, 0.25) is 0 Å². The second-order valence-electron chi connectivity index (χ2n) is 3.93. The molecule has 0 atom stereocenters. The monoisotopic (exact) mass is 249 g/mol. The van der Waals surface area contributed by atoms with Gasteiger partial charge in [0.15, 0.2) is 5.96 Å². The molecule has 0 fully saturated rings. The summed E-state index contributed by atoms with van der Waals surface area (Å²) in [6.45, 7) is 4.00. The van der Waals surface area contributed by atoms with Gasteiger partial charge in [-0.1, -0.05) is 19.9 Å². The van der Waals surface area contributed by atoms with Gasteiger partial charge >= 0.3 is 5.97 Å². The van der Waals surface area contributed by atoms with Gasteiger partial charge in [0, 0.05) is 0 Å². The molecule has 5 heteroatoms. The molecule has 1 aromatic rings. The quantitative estimate of drug-likeness (QED) is 0.316. The van der Waals surface area contributed by atoms with E-state index in [0.29, 0.717) is 5.75 Å². The number of nitrogens with one attached hydrogen (secondary N) is 2. The molecule has 98 valence electrons. The van der Waals surface area contributed by atoms with Gasteiger partial charge in [-0.25, -0.2) is 4.79 Å². The molecule has 4 N–H and O–H groups in total. The molecule has 5 nitrogen and oxygen atoms in total. The third kappa shape index (κ3) is 4.45. The van der Waals surface area contributed by atoms with E-state index in [1.807, 2.05) is 12.1 Å². The van der Waals surface area contributed by atoms with Crippen molar-refractivity contribution in [2.75, 3.05) is 6.54 Å². The summed E-state index contributed by atoms with van der Waals surface area (Å²) >= 11 is 0. The first-order valence-electron chi connectivity index (χ1n) is 5.96. The fraction of sp³-hybridized carbons (Fsp3) is 0.385. The molecule has 0 heterocycles. The molecule has 0 amide bonds. The summed E-state index contributed by atoms with van der Waals surface area (Å²) in [5.41, 5.74) is 7.36. The number of guanidine groups is 1. The Hall–Kier alpha value is -2.04. The number of ether oxygens (including phenoxy) is 1. The zero-order valence-corrected chi connectivity index (χ0v) is 10.7. The molecule has 0 bridgehead atoms. The molecule has 0 radical (unpaired) electrons. The zero-order chi connectivity index (χ0) is 13.5. The molecule has 0 spiro atoms. The topological polar surface area (TPSA) is 88.2 Å². The maximum Gasteiger partial charge on any atom is 0.330 e. The highest BCUT2D eigenvalue weighted by atomic mass is 16.5. The first-order valence-corrected chi connectivity index (χ1v) is 5.96. The summed E-state index contributed by atoms with van der Waals surface area (Å²) in [6.07, 6.45) is 1.79. The first-order chi connectivity index (χ1) is 8.55. The van der Waals surface area contributed by atoms with Crippen LogP contribution in [0.5, 0.6) is 5.75 Å². The molecule has 1 aromatic carbocycles. The van der Waals surface area contributed by atoms with Crippen molar-refractivity contribution in [3.8, 4) is 5.75 Å². The number of carbonyl (C=O) groups excluding carboxylic acids is 1. The predicted molar refractivity (Wildman–Crippen MR) is 70.7 cm³/mol. The Morgan fingerprint density at radius 3 is 2.28 bits per heavy atom. The molecule has 0 aliphatic rings. The van der Waals surface area contributed by atoms with Gasteiger partial charge in [-0.2, -0.15) is 0 Å². The third-order valence-electron chi connectivity index (χ3n) is 2.50. The summed E-state index contributed by atoms with van der Waals surface area (Å²) < 4.78 is 5.20. The second kappa shape index (κ2) is 6.64. The van der Waals surface area contributed by atoms with Gasteiger partial charge in [0.25, 0.3) is 0 Å². The Labute approximate surface area is 107 Å². The van der Waals surface area contributed by atoms with E-state index >= 15 is 0 Å². The van der Waals surface area contributed by atoms with Gasteiger partial charge < -0.3 is 15.8 Å². The van der Waals surface area contributed by atoms with Crippen LogP contribution in [-0.2, 0) is 17.6 Å². The lowest BCUT2D eigenvalue weighted by Gasteiger charge is -2.09. The van der Waals surface area contributed by atoms with E-state index in [2.05, 4.69) is 25.2 Å². The number of hydrogen-bond donors (Lipinski definition) is 3. The Morgan fingerprint density at radius 1 is 1.28 bits per heavy atom. The van der Waals surface area contributed by atoms with Gasteiger partial charge in [-0.05, 0) is 36.1 Å². The number of hydrogen-bond acceptors (Lipinski definition) is 3. The van der Waals surface area contributed by atoms with Crippen molar-refractivity contribution in [3.63, 3.8) is 0 Å². The summed E-state index contributed by atoms with van der Waals surface area (Å²) in [7, 11) is 0. The van der Waals surface area contributed by atoms with Crippen LogP contribution < -0.4 is 15.8 Å². The van der Waals surface area contributed by atoms with Crippen LogP contribution in [0.4, 0.5) is 0 Å². The van der Waals surface area contributed by atoms with E-state index in [1.54, 1.807) is 0 Å². The molecule has 0 saturated heterocycles. The van der Waals surface area contributed by atoms with Crippen molar-refractivity contribution in [2.45, 2.75) is 26.7 Å². The molecule has 0 aliphatic heterocycles. The zero-order valence-electron chi connectivity index (χ0n) is 10.7. The SMILES string of the molecule is CCc1cc(CC)cc(OC(=O)CNC(=N)N)c1. The standard InChI is InChI=1S/C13H19N3O2/c1-3-9-5-10(4-2)7-11(6-9)18-12(17)8-16-13(14)15/h5-7H,3-4,8H2,1-2H3,(H4,14,15,16). The van der Waals surface area contributed by atoms with E-state index < -0.39 is 5.97 Å². The van der Waals surface area contributed by atoms with Crippen molar-refractivity contribution in [3.05, 3.63) is 29.3 Å². The van der Waals surface area contributed by atoms with Gasteiger partial charge in [0.05, 0.1) is 0 Å². The number of rotatable bonds is 5. The normalized spacial score (nSPS) is 9.89. The lowest BCUT2D eigenvalue weighted by atomic mass is 10.1. The van der Waals surface area contributed by atoms with Crippen molar-refractivity contribution in [2.24, 2.45) is 5.73 Å². The fourth-order valence-corrected chi connectivity index (χ4v) is 1.53. The Morgan fingerprint density at radius 2 is 1.83 bits per heavy atom. The average molecular weight is 249 g/mol. The van der Waals surface area contributed by atoms with Gasteiger partial charge in [-0.15, -0.1) is 0 Å². The van der Waals surface area contributed by atoms with Crippen LogP contribution in [0.15, 0.2) is 18.2 Å². The second-order valence-corrected chi connectivity index (χ2v) is 3.93. The molecular weight excluding hydrogens is 230 g/mol. The van der Waals surface area contributed by atoms with E-state index in [9.17, 15) is 4.79 Å². The van der Waals surface area contributed by atoms with E-state index in [0.717, 1.165) is 24.0 Å². The fourth-order valence-electron chi connectivity index (χ4n) is 1.53. The van der Waals surface area contributed by atoms with Crippen molar-refractivity contribution in [1.29, 1.82) is 5.41 Å². The predicted octanol–water partition coefficient (Wildman–Crippen LogP) is 1.20.